The molecule has 1 amide bonds. The second kappa shape index (κ2) is 8.68. The zero-order valence-corrected chi connectivity index (χ0v) is 14.8. The van der Waals surface area contributed by atoms with Gasteiger partial charge in [-0.15, -0.1) is 0 Å². The van der Waals surface area contributed by atoms with Gasteiger partial charge in [-0.2, -0.15) is 0 Å². The van der Waals surface area contributed by atoms with E-state index in [1.807, 2.05) is 0 Å². The van der Waals surface area contributed by atoms with Crippen molar-refractivity contribution in [3.05, 3.63) is 23.3 Å². The number of amides is 1. The Bertz CT molecular complexity index is 610. The smallest absolute Gasteiger partial charge is 0.407 e. The lowest BCUT2D eigenvalue weighted by molar-refractivity contribution is 0.0106. The number of aliphatic hydroxyl groups is 2. The number of aliphatic hydroxyl groups excluding tert-OH is 2. The van der Waals surface area contributed by atoms with Crippen molar-refractivity contribution in [2.24, 2.45) is 0 Å². The van der Waals surface area contributed by atoms with E-state index in [4.69, 9.17) is 9.47 Å². The maximum absolute atomic E-state index is 11.5. The van der Waals surface area contributed by atoms with Crippen molar-refractivity contribution in [3.63, 3.8) is 0 Å². The predicted octanol–water partition coefficient (Wildman–Crippen LogP) is 1.52. The van der Waals surface area contributed by atoms with Gasteiger partial charge in [-0.3, -0.25) is 4.79 Å². The van der Waals surface area contributed by atoms with Crippen LogP contribution in [0.25, 0.3) is 0 Å². The van der Waals surface area contributed by atoms with Crippen LogP contribution in [0.4, 0.5) is 4.79 Å². The monoisotopic (exact) mass is 355 g/mol. The number of aldehydes is 1. The van der Waals surface area contributed by atoms with Crippen molar-refractivity contribution in [1.82, 2.24) is 5.32 Å². The third kappa shape index (κ3) is 5.91. The van der Waals surface area contributed by atoms with E-state index in [2.05, 4.69) is 5.32 Å². The molecule has 2 unspecified atom stereocenters. The Kier molecular flexibility index (Phi) is 7.20. The van der Waals surface area contributed by atoms with Gasteiger partial charge in [0.05, 0.1) is 13.2 Å². The van der Waals surface area contributed by atoms with Crippen molar-refractivity contribution in [2.45, 2.75) is 45.0 Å². The molecule has 0 saturated carbocycles. The largest absolute Gasteiger partial charge is 0.504 e. The Morgan fingerprint density at radius 2 is 1.96 bits per heavy atom. The number of benzene rings is 1. The van der Waals surface area contributed by atoms with Crippen molar-refractivity contribution < 1.29 is 34.4 Å². The Labute approximate surface area is 146 Å². The molecular formula is C17H25NO7. The summed E-state index contributed by atoms with van der Waals surface area (Å²) < 4.78 is 10.00. The van der Waals surface area contributed by atoms with Gasteiger partial charge in [0.25, 0.3) is 0 Å². The van der Waals surface area contributed by atoms with Gasteiger partial charge in [0, 0.05) is 17.7 Å². The molecule has 0 saturated heterocycles. The van der Waals surface area contributed by atoms with Crippen LogP contribution < -0.4 is 10.1 Å². The number of hydrogen-bond donors (Lipinski definition) is 4. The number of methoxy groups -OCH3 is 1. The summed E-state index contributed by atoms with van der Waals surface area (Å²) in [6.45, 7) is 5.20. The van der Waals surface area contributed by atoms with Gasteiger partial charge in [0.1, 0.15) is 11.7 Å². The zero-order chi connectivity index (χ0) is 19.2. The fourth-order valence-corrected chi connectivity index (χ4v) is 2.17. The van der Waals surface area contributed by atoms with E-state index < -0.39 is 29.7 Å². The van der Waals surface area contributed by atoms with E-state index in [1.54, 1.807) is 20.8 Å². The molecule has 0 spiro atoms. The van der Waals surface area contributed by atoms with Gasteiger partial charge in [0.15, 0.2) is 17.8 Å². The molecule has 0 aliphatic heterocycles. The molecule has 0 aromatic heterocycles. The Balaban J connectivity index is 2.75. The average Bonchev–Trinajstić information content (AvgIpc) is 2.51. The second-order valence-corrected chi connectivity index (χ2v) is 6.47. The van der Waals surface area contributed by atoms with Gasteiger partial charge < -0.3 is 30.1 Å². The van der Waals surface area contributed by atoms with E-state index in [-0.39, 0.29) is 29.8 Å². The number of alkyl carbamates (subject to hydrolysis) is 1. The number of phenols is 1. The Morgan fingerprint density at radius 3 is 2.48 bits per heavy atom. The molecule has 4 N–H and O–H groups in total. The molecule has 8 nitrogen and oxygen atoms in total. The molecule has 1 aromatic rings. The van der Waals surface area contributed by atoms with Crippen LogP contribution in [0.3, 0.4) is 0 Å². The molecule has 1 aromatic carbocycles. The summed E-state index contributed by atoms with van der Waals surface area (Å²) in [5, 5.41) is 33.0. The first-order valence-electron chi connectivity index (χ1n) is 7.78. The number of carbonyl (C=O) groups is 2. The van der Waals surface area contributed by atoms with Gasteiger partial charge in [-0.05, 0) is 39.3 Å². The molecule has 0 aliphatic rings. The van der Waals surface area contributed by atoms with Gasteiger partial charge in [-0.25, -0.2) is 4.79 Å². The van der Waals surface area contributed by atoms with E-state index in [9.17, 15) is 24.9 Å². The number of ether oxygens (including phenoxy) is 2. The van der Waals surface area contributed by atoms with Gasteiger partial charge in [0.2, 0.25) is 0 Å². The number of nitrogens with one attached hydrogen (secondary N) is 1. The molecule has 25 heavy (non-hydrogen) atoms. The summed E-state index contributed by atoms with van der Waals surface area (Å²) in [5.74, 6) is -0.350. The van der Waals surface area contributed by atoms with Crippen LogP contribution in [-0.4, -0.2) is 53.1 Å². The number of phenolic OH excluding ortho intramolecular Hbond substituents is 1. The fourth-order valence-electron chi connectivity index (χ4n) is 2.17. The second-order valence-electron chi connectivity index (χ2n) is 6.47. The lowest BCUT2D eigenvalue weighted by atomic mass is 9.96. The van der Waals surface area contributed by atoms with Crippen molar-refractivity contribution >= 4 is 12.4 Å². The summed E-state index contributed by atoms with van der Waals surface area (Å²) in [6, 6.07) is 2.75. The van der Waals surface area contributed by atoms with Crippen LogP contribution in [0.1, 0.15) is 49.2 Å². The standard InChI is InChI=1S/C17H25NO7/c1-17(2,3)25-16(23)18-8-7-11(20)14(21)13-10(9-19)5-6-12(24-4)15(13)22/h5-6,9,11,14,20-22H,7-8H2,1-4H3,(H,18,23). The minimum Gasteiger partial charge on any atom is -0.504 e. The molecule has 0 radical (unpaired) electrons. The Hall–Kier alpha value is -2.32. The molecular weight excluding hydrogens is 330 g/mol. The van der Waals surface area contributed by atoms with Crippen molar-refractivity contribution in [1.29, 1.82) is 0 Å². The normalized spacial score (nSPS) is 13.7. The highest BCUT2D eigenvalue weighted by molar-refractivity contribution is 5.80. The summed E-state index contributed by atoms with van der Waals surface area (Å²) in [6.07, 6.45) is -3.06. The highest BCUT2D eigenvalue weighted by Gasteiger charge is 2.26. The number of rotatable bonds is 7. The lowest BCUT2D eigenvalue weighted by Crippen LogP contribution is -2.34. The topological polar surface area (TPSA) is 125 Å². The van der Waals surface area contributed by atoms with Crippen LogP contribution in [-0.2, 0) is 4.74 Å². The minimum absolute atomic E-state index is 0.0185. The third-order valence-corrected chi connectivity index (χ3v) is 3.33. The molecule has 0 aliphatic carbocycles. The van der Waals surface area contributed by atoms with Crippen LogP contribution in [0.2, 0.25) is 0 Å². The maximum atomic E-state index is 11.5. The summed E-state index contributed by atoms with van der Waals surface area (Å²) >= 11 is 0. The highest BCUT2D eigenvalue weighted by atomic mass is 16.6. The van der Waals surface area contributed by atoms with E-state index >= 15 is 0 Å². The molecule has 0 bridgehead atoms. The highest BCUT2D eigenvalue weighted by Crippen LogP contribution is 2.37. The summed E-state index contributed by atoms with van der Waals surface area (Å²) in [5.41, 5.74) is -0.739. The minimum atomic E-state index is -1.53. The Morgan fingerprint density at radius 1 is 1.32 bits per heavy atom. The summed E-state index contributed by atoms with van der Waals surface area (Å²) in [4.78, 5) is 22.7. The van der Waals surface area contributed by atoms with Crippen LogP contribution in [0, 0.1) is 0 Å². The SMILES string of the molecule is COc1ccc(C=O)c(C(O)C(O)CCNC(=O)OC(C)(C)C)c1O. The number of hydrogen-bond acceptors (Lipinski definition) is 7. The molecule has 1 rings (SSSR count). The van der Waals surface area contributed by atoms with Gasteiger partial charge >= 0.3 is 6.09 Å². The molecule has 2 atom stereocenters. The summed E-state index contributed by atoms with van der Waals surface area (Å²) in [7, 11) is 1.33. The third-order valence-electron chi connectivity index (χ3n) is 3.33. The number of aromatic hydroxyl groups is 1. The predicted molar refractivity (Wildman–Crippen MR) is 89.9 cm³/mol. The number of carbonyl (C=O) groups excluding carboxylic acids is 2. The fraction of sp³-hybridized carbons (Fsp3) is 0.529. The van der Waals surface area contributed by atoms with Crippen LogP contribution >= 0.6 is 0 Å². The van der Waals surface area contributed by atoms with E-state index in [0.717, 1.165) is 0 Å². The first-order chi connectivity index (χ1) is 11.6. The molecule has 140 valence electrons. The molecule has 0 heterocycles. The van der Waals surface area contributed by atoms with Crippen LogP contribution in [0.5, 0.6) is 11.5 Å². The van der Waals surface area contributed by atoms with Gasteiger partial charge in [-0.1, -0.05) is 0 Å². The van der Waals surface area contributed by atoms with Crippen LogP contribution in [0.15, 0.2) is 12.1 Å². The van der Waals surface area contributed by atoms with Crippen molar-refractivity contribution in [2.75, 3.05) is 13.7 Å². The maximum Gasteiger partial charge on any atom is 0.407 e. The molecule has 0 fully saturated rings. The van der Waals surface area contributed by atoms with Crippen molar-refractivity contribution in [3.8, 4) is 11.5 Å². The van der Waals surface area contributed by atoms with E-state index in [0.29, 0.717) is 6.29 Å². The lowest BCUT2D eigenvalue weighted by Gasteiger charge is -2.22. The first-order valence-corrected chi connectivity index (χ1v) is 7.78. The zero-order valence-electron chi connectivity index (χ0n) is 14.8. The quantitative estimate of drug-likeness (QED) is 0.546. The van der Waals surface area contributed by atoms with E-state index in [1.165, 1.54) is 19.2 Å². The molecule has 8 heteroatoms. The average molecular weight is 355 g/mol. The first kappa shape index (κ1) is 20.7.